The molecule has 3 aromatic rings. The van der Waals surface area contributed by atoms with E-state index in [9.17, 15) is 5.11 Å². The Morgan fingerprint density at radius 3 is 2.52 bits per heavy atom. The fourth-order valence-electron chi connectivity index (χ4n) is 2.08. The molecule has 21 heavy (non-hydrogen) atoms. The van der Waals surface area contributed by atoms with Gasteiger partial charge in [-0.1, -0.05) is 42.2 Å². The molecule has 102 valence electrons. The monoisotopic (exact) mass is 274 g/mol. The van der Waals surface area contributed by atoms with Gasteiger partial charge >= 0.3 is 0 Å². The van der Waals surface area contributed by atoms with Gasteiger partial charge < -0.3 is 9.84 Å². The fourth-order valence-corrected chi connectivity index (χ4v) is 2.08. The lowest BCUT2D eigenvalue weighted by molar-refractivity contribution is 0.371. The predicted octanol–water partition coefficient (Wildman–Crippen LogP) is 3.98. The van der Waals surface area contributed by atoms with Gasteiger partial charge in [-0.05, 0) is 47.2 Å². The average Bonchev–Trinajstić information content (AvgIpc) is 2.52. The summed E-state index contributed by atoms with van der Waals surface area (Å²) in [6.45, 7) is 0.333. The second-order valence-electron chi connectivity index (χ2n) is 4.65. The van der Waals surface area contributed by atoms with Crippen LogP contribution in [0, 0.1) is 11.8 Å². The summed E-state index contributed by atoms with van der Waals surface area (Å²) in [5.41, 5.74) is 0.976. The minimum absolute atomic E-state index is 0.253. The Morgan fingerprint density at radius 2 is 1.67 bits per heavy atom. The quantitative estimate of drug-likeness (QED) is 0.716. The molecule has 0 fully saturated rings. The van der Waals surface area contributed by atoms with E-state index in [1.165, 1.54) is 0 Å². The van der Waals surface area contributed by atoms with Crippen LogP contribution in [0.5, 0.6) is 11.5 Å². The number of aromatic hydroxyl groups is 1. The third kappa shape index (κ3) is 3.34. The van der Waals surface area contributed by atoms with Crippen LogP contribution >= 0.6 is 0 Å². The minimum atomic E-state index is 0.253. The van der Waals surface area contributed by atoms with Gasteiger partial charge in [-0.25, -0.2) is 0 Å². The summed E-state index contributed by atoms with van der Waals surface area (Å²) in [5, 5.41) is 11.5. The van der Waals surface area contributed by atoms with Crippen LogP contribution in [-0.4, -0.2) is 11.7 Å². The number of phenolic OH excluding ortho intramolecular Hbond substituents is 1. The predicted molar refractivity (Wildman–Crippen MR) is 84.4 cm³/mol. The molecule has 1 N–H and O–H groups in total. The molecule has 0 unspecified atom stereocenters. The van der Waals surface area contributed by atoms with Gasteiger partial charge in [0, 0.05) is 5.56 Å². The van der Waals surface area contributed by atoms with Crippen molar-refractivity contribution in [2.75, 3.05) is 6.61 Å². The topological polar surface area (TPSA) is 29.5 Å². The molecule has 0 heterocycles. The van der Waals surface area contributed by atoms with Gasteiger partial charge in [-0.3, -0.25) is 0 Å². The molecule has 0 radical (unpaired) electrons. The van der Waals surface area contributed by atoms with Crippen LogP contribution in [0.1, 0.15) is 5.56 Å². The highest BCUT2D eigenvalue weighted by molar-refractivity contribution is 5.85. The van der Waals surface area contributed by atoms with Crippen molar-refractivity contribution in [2.45, 2.75) is 0 Å². The zero-order chi connectivity index (χ0) is 14.5. The number of phenols is 1. The van der Waals surface area contributed by atoms with Crippen molar-refractivity contribution in [3.05, 3.63) is 72.3 Å². The molecule has 0 saturated carbocycles. The van der Waals surface area contributed by atoms with E-state index < -0.39 is 0 Å². The van der Waals surface area contributed by atoms with Crippen LogP contribution in [0.15, 0.2) is 66.7 Å². The standard InChI is InChI=1S/C19H14O2/c20-18-10-8-16-9-11-19(14-17(16)13-18)21-12-4-7-15-5-2-1-3-6-15/h1-3,5-6,8-11,13-14,20H,12H2. The second kappa shape index (κ2) is 6.02. The number of hydrogen-bond donors (Lipinski definition) is 1. The first-order chi connectivity index (χ1) is 10.3. The summed E-state index contributed by atoms with van der Waals surface area (Å²) in [6, 6.07) is 20.9. The summed E-state index contributed by atoms with van der Waals surface area (Å²) < 4.78 is 5.62. The molecular formula is C19H14O2. The molecule has 3 rings (SSSR count). The highest BCUT2D eigenvalue weighted by Gasteiger charge is 1.98. The van der Waals surface area contributed by atoms with Crippen LogP contribution in [0.4, 0.5) is 0 Å². The largest absolute Gasteiger partial charge is 0.508 e. The lowest BCUT2D eigenvalue weighted by Crippen LogP contribution is -1.93. The molecule has 0 saturated heterocycles. The van der Waals surface area contributed by atoms with Crippen molar-refractivity contribution in [1.29, 1.82) is 0 Å². The van der Waals surface area contributed by atoms with Gasteiger partial charge in [0.15, 0.2) is 0 Å². The summed E-state index contributed by atoms with van der Waals surface area (Å²) >= 11 is 0. The van der Waals surface area contributed by atoms with Crippen LogP contribution < -0.4 is 4.74 Å². The maximum absolute atomic E-state index is 9.50. The molecule has 2 heteroatoms. The smallest absolute Gasteiger partial charge is 0.149 e. The molecule has 0 aliphatic rings. The summed E-state index contributed by atoms with van der Waals surface area (Å²) in [7, 11) is 0. The Labute approximate surface area is 123 Å². The number of benzene rings is 3. The minimum Gasteiger partial charge on any atom is -0.508 e. The Kier molecular flexibility index (Phi) is 3.75. The fraction of sp³-hybridized carbons (Fsp3) is 0.0526. The van der Waals surface area contributed by atoms with Crippen LogP contribution in [0.25, 0.3) is 10.8 Å². The Morgan fingerprint density at radius 1 is 0.857 bits per heavy atom. The molecule has 0 aromatic heterocycles. The van der Waals surface area contributed by atoms with Crippen molar-refractivity contribution >= 4 is 10.8 Å². The molecule has 0 spiro atoms. The van der Waals surface area contributed by atoms with E-state index in [1.54, 1.807) is 12.1 Å². The van der Waals surface area contributed by atoms with Gasteiger partial charge in [0.2, 0.25) is 0 Å². The maximum Gasteiger partial charge on any atom is 0.149 e. The Hall–Kier alpha value is -2.92. The maximum atomic E-state index is 9.50. The van der Waals surface area contributed by atoms with E-state index in [-0.39, 0.29) is 5.75 Å². The number of rotatable bonds is 2. The third-order valence-electron chi connectivity index (χ3n) is 3.11. The van der Waals surface area contributed by atoms with Gasteiger partial charge in [0.05, 0.1) is 0 Å². The van der Waals surface area contributed by atoms with E-state index in [0.717, 1.165) is 22.1 Å². The van der Waals surface area contributed by atoms with Crippen molar-refractivity contribution in [3.63, 3.8) is 0 Å². The molecule has 0 amide bonds. The number of hydrogen-bond acceptors (Lipinski definition) is 2. The van der Waals surface area contributed by atoms with Crippen molar-refractivity contribution in [1.82, 2.24) is 0 Å². The van der Waals surface area contributed by atoms with Gasteiger partial charge in [-0.15, -0.1) is 0 Å². The zero-order valence-corrected chi connectivity index (χ0v) is 11.4. The lowest BCUT2D eigenvalue weighted by atomic mass is 10.1. The summed E-state index contributed by atoms with van der Waals surface area (Å²) in [5.74, 6) is 7.03. The van der Waals surface area contributed by atoms with Crippen molar-refractivity contribution in [2.24, 2.45) is 0 Å². The molecule has 0 aliphatic carbocycles. The van der Waals surface area contributed by atoms with E-state index in [4.69, 9.17) is 4.74 Å². The average molecular weight is 274 g/mol. The Balaban J connectivity index is 1.70. The molecule has 0 atom stereocenters. The normalized spacial score (nSPS) is 9.90. The van der Waals surface area contributed by atoms with Gasteiger partial charge in [0.1, 0.15) is 18.1 Å². The third-order valence-corrected chi connectivity index (χ3v) is 3.11. The van der Waals surface area contributed by atoms with E-state index in [1.807, 2.05) is 54.6 Å². The molecule has 0 bridgehead atoms. The number of fused-ring (bicyclic) bond motifs is 1. The van der Waals surface area contributed by atoms with E-state index in [2.05, 4.69) is 11.8 Å². The molecule has 3 aromatic carbocycles. The Bertz CT molecular complexity index is 811. The van der Waals surface area contributed by atoms with E-state index in [0.29, 0.717) is 6.61 Å². The van der Waals surface area contributed by atoms with Gasteiger partial charge in [-0.2, -0.15) is 0 Å². The van der Waals surface area contributed by atoms with E-state index >= 15 is 0 Å². The summed E-state index contributed by atoms with van der Waals surface area (Å²) in [6.07, 6.45) is 0. The molecule has 2 nitrogen and oxygen atoms in total. The lowest BCUT2D eigenvalue weighted by Gasteiger charge is -2.04. The highest BCUT2D eigenvalue weighted by atomic mass is 16.5. The molecule has 0 aliphatic heterocycles. The van der Waals surface area contributed by atoms with Crippen molar-refractivity contribution in [3.8, 4) is 23.3 Å². The first kappa shape index (κ1) is 13.1. The number of ether oxygens (including phenoxy) is 1. The van der Waals surface area contributed by atoms with Crippen LogP contribution in [0.2, 0.25) is 0 Å². The highest BCUT2D eigenvalue weighted by Crippen LogP contribution is 2.24. The first-order valence-corrected chi connectivity index (χ1v) is 6.71. The van der Waals surface area contributed by atoms with Crippen LogP contribution in [-0.2, 0) is 0 Å². The molecular weight excluding hydrogens is 260 g/mol. The first-order valence-electron chi connectivity index (χ1n) is 6.71. The van der Waals surface area contributed by atoms with Gasteiger partial charge in [0.25, 0.3) is 0 Å². The zero-order valence-electron chi connectivity index (χ0n) is 11.4. The second-order valence-corrected chi connectivity index (χ2v) is 4.65. The van der Waals surface area contributed by atoms with Crippen LogP contribution in [0.3, 0.4) is 0 Å². The van der Waals surface area contributed by atoms with Crippen molar-refractivity contribution < 1.29 is 9.84 Å². The SMILES string of the molecule is Oc1ccc2ccc(OCC#Cc3ccccc3)cc2c1. The summed E-state index contributed by atoms with van der Waals surface area (Å²) in [4.78, 5) is 0.